The molecule has 0 saturated heterocycles. The second kappa shape index (κ2) is 5.37. The summed E-state index contributed by atoms with van der Waals surface area (Å²) in [6, 6.07) is 14.4. The molecule has 0 amide bonds. The molecule has 1 aromatic carbocycles. The molecule has 2 aromatic heterocycles. The van der Waals surface area contributed by atoms with Crippen molar-refractivity contribution in [2.75, 3.05) is 5.32 Å². The van der Waals surface area contributed by atoms with Gasteiger partial charge < -0.3 is 9.73 Å². The molecule has 0 aliphatic carbocycles. The van der Waals surface area contributed by atoms with Crippen molar-refractivity contribution in [2.24, 2.45) is 0 Å². The van der Waals surface area contributed by atoms with E-state index in [4.69, 9.17) is 4.42 Å². The second-order valence-electron chi connectivity index (χ2n) is 4.95. The zero-order valence-electron chi connectivity index (χ0n) is 11.8. The molecular formula is C17H18N2O. The number of benzene rings is 1. The monoisotopic (exact) mass is 266 g/mol. The van der Waals surface area contributed by atoms with Gasteiger partial charge in [0.1, 0.15) is 5.76 Å². The van der Waals surface area contributed by atoms with Gasteiger partial charge in [0.15, 0.2) is 0 Å². The molecule has 3 heteroatoms. The molecular weight excluding hydrogens is 248 g/mol. The van der Waals surface area contributed by atoms with E-state index in [1.54, 1.807) is 6.26 Å². The Balaban J connectivity index is 1.99. The van der Waals surface area contributed by atoms with E-state index < -0.39 is 0 Å². The maximum atomic E-state index is 5.51. The predicted molar refractivity (Wildman–Crippen MR) is 81.8 cm³/mol. The summed E-state index contributed by atoms with van der Waals surface area (Å²) in [5.41, 5.74) is 3.09. The molecule has 3 nitrogen and oxygen atoms in total. The number of rotatable bonds is 4. The van der Waals surface area contributed by atoms with Gasteiger partial charge in [0, 0.05) is 11.1 Å². The molecule has 0 fully saturated rings. The Morgan fingerprint density at radius 3 is 2.80 bits per heavy atom. The average Bonchev–Trinajstić information content (AvgIpc) is 2.99. The Kier molecular flexibility index (Phi) is 3.42. The van der Waals surface area contributed by atoms with E-state index in [1.807, 2.05) is 25.1 Å². The lowest BCUT2D eigenvalue weighted by molar-refractivity contribution is 0.474. The summed E-state index contributed by atoms with van der Waals surface area (Å²) in [7, 11) is 0. The molecule has 102 valence electrons. The van der Waals surface area contributed by atoms with Gasteiger partial charge in [0.25, 0.3) is 0 Å². The SMILES string of the molecule is CCC(Nc1cccc2ccc(C)nc12)c1ccco1. The van der Waals surface area contributed by atoms with Crippen LogP contribution in [0, 0.1) is 6.92 Å². The largest absolute Gasteiger partial charge is 0.467 e. The van der Waals surface area contributed by atoms with Crippen LogP contribution in [0.2, 0.25) is 0 Å². The molecule has 3 aromatic rings. The highest BCUT2D eigenvalue weighted by Crippen LogP contribution is 2.27. The molecule has 2 heterocycles. The van der Waals surface area contributed by atoms with E-state index in [9.17, 15) is 0 Å². The highest BCUT2D eigenvalue weighted by molar-refractivity contribution is 5.90. The van der Waals surface area contributed by atoms with Crippen LogP contribution in [-0.2, 0) is 0 Å². The number of para-hydroxylation sites is 1. The summed E-state index contributed by atoms with van der Waals surface area (Å²) < 4.78 is 5.51. The highest BCUT2D eigenvalue weighted by Gasteiger charge is 2.13. The molecule has 1 N–H and O–H groups in total. The number of aryl methyl sites for hydroxylation is 1. The van der Waals surface area contributed by atoms with E-state index >= 15 is 0 Å². The lowest BCUT2D eigenvalue weighted by atomic mass is 10.1. The van der Waals surface area contributed by atoms with Crippen LogP contribution in [0.25, 0.3) is 10.9 Å². The first-order chi connectivity index (χ1) is 9.78. The predicted octanol–water partition coefficient (Wildman–Crippen LogP) is 4.70. The van der Waals surface area contributed by atoms with Crippen molar-refractivity contribution in [3.8, 4) is 0 Å². The van der Waals surface area contributed by atoms with E-state index in [2.05, 4.69) is 41.5 Å². The third-order valence-electron chi connectivity index (χ3n) is 3.48. The number of pyridine rings is 1. The fourth-order valence-electron chi connectivity index (χ4n) is 2.41. The van der Waals surface area contributed by atoms with Gasteiger partial charge in [-0.05, 0) is 37.6 Å². The molecule has 0 radical (unpaired) electrons. The van der Waals surface area contributed by atoms with Crippen LogP contribution in [0.5, 0.6) is 0 Å². The molecule has 0 saturated carbocycles. The fraction of sp³-hybridized carbons (Fsp3) is 0.235. The van der Waals surface area contributed by atoms with Crippen LogP contribution in [0.1, 0.15) is 30.8 Å². The smallest absolute Gasteiger partial charge is 0.125 e. The minimum absolute atomic E-state index is 0.165. The van der Waals surface area contributed by atoms with Crippen LogP contribution >= 0.6 is 0 Å². The van der Waals surface area contributed by atoms with Gasteiger partial charge in [-0.3, -0.25) is 4.98 Å². The first-order valence-corrected chi connectivity index (χ1v) is 6.94. The van der Waals surface area contributed by atoms with Gasteiger partial charge in [0.2, 0.25) is 0 Å². The summed E-state index contributed by atoms with van der Waals surface area (Å²) in [6.07, 6.45) is 2.67. The summed E-state index contributed by atoms with van der Waals surface area (Å²) >= 11 is 0. The number of aromatic nitrogens is 1. The normalized spacial score (nSPS) is 12.5. The summed E-state index contributed by atoms with van der Waals surface area (Å²) in [5.74, 6) is 0.956. The van der Waals surface area contributed by atoms with E-state index in [1.165, 1.54) is 0 Å². The number of furan rings is 1. The third kappa shape index (κ3) is 2.39. The van der Waals surface area contributed by atoms with Crippen molar-refractivity contribution in [1.29, 1.82) is 0 Å². The highest BCUT2D eigenvalue weighted by atomic mass is 16.3. The molecule has 20 heavy (non-hydrogen) atoms. The number of anilines is 1. The first kappa shape index (κ1) is 12.7. The Morgan fingerprint density at radius 1 is 1.15 bits per heavy atom. The van der Waals surface area contributed by atoms with Crippen molar-refractivity contribution in [3.05, 3.63) is 60.2 Å². The Bertz CT molecular complexity index is 704. The van der Waals surface area contributed by atoms with Crippen molar-refractivity contribution in [2.45, 2.75) is 26.3 Å². The Hall–Kier alpha value is -2.29. The van der Waals surface area contributed by atoms with Gasteiger partial charge in [-0.2, -0.15) is 0 Å². The molecule has 0 spiro atoms. The van der Waals surface area contributed by atoms with Crippen LogP contribution in [0.15, 0.2) is 53.1 Å². The molecule has 0 aliphatic rings. The summed E-state index contributed by atoms with van der Waals surface area (Å²) in [6.45, 7) is 4.16. The number of nitrogens with one attached hydrogen (secondary N) is 1. The Labute approximate surface area is 118 Å². The zero-order chi connectivity index (χ0) is 13.9. The third-order valence-corrected chi connectivity index (χ3v) is 3.48. The molecule has 1 unspecified atom stereocenters. The first-order valence-electron chi connectivity index (χ1n) is 6.94. The van der Waals surface area contributed by atoms with Crippen molar-refractivity contribution in [3.63, 3.8) is 0 Å². The summed E-state index contributed by atoms with van der Waals surface area (Å²) in [4.78, 5) is 4.65. The molecule has 0 bridgehead atoms. The van der Waals surface area contributed by atoms with Crippen molar-refractivity contribution >= 4 is 16.6 Å². The van der Waals surface area contributed by atoms with Crippen LogP contribution < -0.4 is 5.32 Å². The minimum atomic E-state index is 0.165. The van der Waals surface area contributed by atoms with Gasteiger partial charge >= 0.3 is 0 Å². The van der Waals surface area contributed by atoms with Gasteiger partial charge in [0.05, 0.1) is 23.5 Å². The topological polar surface area (TPSA) is 38.1 Å². The van der Waals surface area contributed by atoms with Gasteiger partial charge in [-0.25, -0.2) is 0 Å². The van der Waals surface area contributed by atoms with Gasteiger partial charge in [-0.1, -0.05) is 25.1 Å². The Morgan fingerprint density at radius 2 is 2.05 bits per heavy atom. The van der Waals surface area contributed by atoms with Crippen LogP contribution in [0.4, 0.5) is 5.69 Å². The zero-order valence-corrected chi connectivity index (χ0v) is 11.8. The number of fused-ring (bicyclic) bond motifs is 1. The van der Waals surface area contributed by atoms with Crippen molar-refractivity contribution < 1.29 is 4.42 Å². The maximum Gasteiger partial charge on any atom is 0.125 e. The fourth-order valence-corrected chi connectivity index (χ4v) is 2.41. The van der Waals surface area contributed by atoms with Crippen LogP contribution in [-0.4, -0.2) is 4.98 Å². The molecule has 1 atom stereocenters. The molecule has 0 aliphatic heterocycles. The minimum Gasteiger partial charge on any atom is -0.467 e. The lowest BCUT2D eigenvalue weighted by Gasteiger charge is -2.17. The van der Waals surface area contributed by atoms with E-state index in [0.717, 1.165) is 34.5 Å². The van der Waals surface area contributed by atoms with E-state index in [0.29, 0.717) is 0 Å². The van der Waals surface area contributed by atoms with E-state index in [-0.39, 0.29) is 6.04 Å². The number of nitrogens with zero attached hydrogens (tertiary/aromatic N) is 1. The standard InChI is InChI=1S/C17H18N2O/c1-3-14(16-8-5-11-20-16)19-15-7-4-6-13-10-9-12(2)18-17(13)15/h4-11,14,19H,3H2,1-2H3. The number of hydrogen-bond donors (Lipinski definition) is 1. The summed E-state index contributed by atoms with van der Waals surface area (Å²) in [5, 5.41) is 4.69. The second-order valence-corrected chi connectivity index (χ2v) is 4.95. The number of hydrogen-bond acceptors (Lipinski definition) is 3. The quantitative estimate of drug-likeness (QED) is 0.743. The molecule has 3 rings (SSSR count). The van der Waals surface area contributed by atoms with Crippen molar-refractivity contribution in [1.82, 2.24) is 4.98 Å². The van der Waals surface area contributed by atoms with Gasteiger partial charge in [-0.15, -0.1) is 0 Å². The maximum absolute atomic E-state index is 5.51. The average molecular weight is 266 g/mol. The van der Waals surface area contributed by atoms with Crippen LogP contribution in [0.3, 0.4) is 0 Å². The lowest BCUT2D eigenvalue weighted by Crippen LogP contribution is -2.09.